The first-order chi connectivity index (χ1) is 8.70. The lowest BCUT2D eigenvalue weighted by Crippen LogP contribution is -2.11. The molecule has 0 unspecified atom stereocenters. The molecule has 0 saturated carbocycles. The molecule has 1 aromatic heterocycles. The van der Waals surface area contributed by atoms with Crippen molar-refractivity contribution >= 4 is 5.95 Å². The van der Waals surface area contributed by atoms with E-state index in [-0.39, 0.29) is 0 Å². The SMILES string of the molecule is COc1ccc(-n2ccnc2NCC(C)C)cc1. The molecule has 0 fully saturated rings. The maximum Gasteiger partial charge on any atom is 0.207 e. The lowest BCUT2D eigenvalue weighted by Gasteiger charge is -2.11. The van der Waals surface area contributed by atoms with Gasteiger partial charge in [0.1, 0.15) is 5.75 Å². The molecular weight excluding hydrogens is 226 g/mol. The van der Waals surface area contributed by atoms with Crippen LogP contribution < -0.4 is 10.1 Å². The molecule has 0 amide bonds. The molecule has 0 saturated heterocycles. The van der Waals surface area contributed by atoms with Crippen LogP contribution in [-0.2, 0) is 0 Å². The van der Waals surface area contributed by atoms with Crippen molar-refractivity contribution in [1.29, 1.82) is 0 Å². The second-order valence-electron chi connectivity index (χ2n) is 4.59. The normalized spacial score (nSPS) is 10.7. The third kappa shape index (κ3) is 2.83. The van der Waals surface area contributed by atoms with Gasteiger partial charge in [0.2, 0.25) is 5.95 Å². The Kier molecular flexibility index (Phi) is 3.87. The van der Waals surface area contributed by atoms with Crippen molar-refractivity contribution in [3.8, 4) is 11.4 Å². The fraction of sp³-hybridized carbons (Fsp3) is 0.357. The number of nitrogens with one attached hydrogen (secondary N) is 1. The molecule has 4 heteroatoms. The Balaban J connectivity index is 2.19. The summed E-state index contributed by atoms with van der Waals surface area (Å²) in [5.74, 6) is 2.32. The second-order valence-corrected chi connectivity index (χ2v) is 4.59. The number of imidazole rings is 1. The molecule has 18 heavy (non-hydrogen) atoms. The van der Waals surface area contributed by atoms with E-state index in [2.05, 4.69) is 24.1 Å². The summed E-state index contributed by atoms with van der Waals surface area (Å²) in [5, 5.41) is 3.34. The summed E-state index contributed by atoms with van der Waals surface area (Å²) in [6.45, 7) is 5.26. The lowest BCUT2D eigenvalue weighted by atomic mass is 10.2. The van der Waals surface area contributed by atoms with Crippen molar-refractivity contribution in [1.82, 2.24) is 9.55 Å². The van der Waals surface area contributed by atoms with Gasteiger partial charge in [0.25, 0.3) is 0 Å². The van der Waals surface area contributed by atoms with Crippen molar-refractivity contribution in [3.63, 3.8) is 0 Å². The summed E-state index contributed by atoms with van der Waals surface area (Å²) < 4.78 is 7.18. The molecule has 2 rings (SSSR count). The minimum atomic E-state index is 0.589. The molecule has 0 radical (unpaired) electrons. The maximum absolute atomic E-state index is 5.16. The summed E-state index contributed by atoms with van der Waals surface area (Å²) in [6, 6.07) is 7.92. The highest BCUT2D eigenvalue weighted by Crippen LogP contribution is 2.18. The van der Waals surface area contributed by atoms with Crippen LogP contribution in [0.1, 0.15) is 13.8 Å². The summed E-state index contributed by atoms with van der Waals surface area (Å²) in [5.41, 5.74) is 1.07. The van der Waals surface area contributed by atoms with Crippen molar-refractivity contribution in [2.24, 2.45) is 5.92 Å². The first kappa shape index (κ1) is 12.5. The van der Waals surface area contributed by atoms with Gasteiger partial charge in [-0.15, -0.1) is 0 Å². The average molecular weight is 245 g/mol. The van der Waals surface area contributed by atoms with Gasteiger partial charge in [-0.05, 0) is 30.2 Å². The molecule has 2 aromatic rings. The molecule has 96 valence electrons. The van der Waals surface area contributed by atoms with Gasteiger partial charge in [0.05, 0.1) is 7.11 Å². The van der Waals surface area contributed by atoms with E-state index in [9.17, 15) is 0 Å². The standard InChI is InChI=1S/C14H19N3O/c1-11(2)10-16-14-15-8-9-17(14)12-4-6-13(18-3)7-5-12/h4-9,11H,10H2,1-3H3,(H,15,16). The number of nitrogens with zero attached hydrogens (tertiary/aromatic N) is 2. The zero-order chi connectivity index (χ0) is 13.0. The first-order valence-electron chi connectivity index (χ1n) is 6.12. The number of aromatic nitrogens is 2. The van der Waals surface area contributed by atoms with Gasteiger partial charge < -0.3 is 10.1 Å². The van der Waals surface area contributed by atoms with Gasteiger partial charge in [-0.3, -0.25) is 4.57 Å². The molecule has 0 bridgehead atoms. The van der Waals surface area contributed by atoms with Crippen LogP contribution in [0.25, 0.3) is 5.69 Å². The zero-order valence-electron chi connectivity index (χ0n) is 11.1. The van der Waals surface area contributed by atoms with Crippen molar-refractivity contribution in [2.45, 2.75) is 13.8 Å². The molecule has 1 heterocycles. The van der Waals surface area contributed by atoms with Crippen LogP contribution in [0.5, 0.6) is 5.75 Å². The zero-order valence-corrected chi connectivity index (χ0v) is 11.1. The highest BCUT2D eigenvalue weighted by atomic mass is 16.5. The molecule has 0 aliphatic carbocycles. The lowest BCUT2D eigenvalue weighted by molar-refractivity contribution is 0.415. The van der Waals surface area contributed by atoms with Crippen LogP contribution >= 0.6 is 0 Å². The van der Waals surface area contributed by atoms with Crippen molar-refractivity contribution in [3.05, 3.63) is 36.7 Å². The molecule has 4 nitrogen and oxygen atoms in total. The van der Waals surface area contributed by atoms with E-state index >= 15 is 0 Å². The Bertz CT molecular complexity index is 488. The van der Waals surface area contributed by atoms with E-state index < -0.39 is 0 Å². The van der Waals surface area contributed by atoms with E-state index in [0.717, 1.165) is 23.9 Å². The largest absolute Gasteiger partial charge is 0.497 e. The van der Waals surface area contributed by atoms with Gasteiger partial charge in [-0.2, -0.15) is 0 Å². The number of hydrogen-bond donors (Lipinski definition) is 1. The van der Waals surface area contributed by atoms with Gasteiger partial charge in [-0.25, -0.2) is 4.98 Å². The summed E-state index contributed by atoms with van der Waals surface area (Å²) in [7, 11) is 1.67. The van der Waals surface area contributed by atoms with Crippen LogP contribution in [0.15, 0.2) is 36.7 Å². The van der Waals surface area contributed by atoms with E-state index in [1.807, 2.05) is 35.0 Å². The predicted octanol–water partition coefficient (Wildman–Crippen LogP) is 2.95. The maximum atomic E-state index is 5.16. The number of ether oxygens (including phenoxy) is 1. The average Bonchev–Trinajstić information content (AvgIpc) is 2.85. The van der Waals surface area contributed by atoms with E-state index in [4.69, 9.17) is 4.74 Å². The number of methoxy groups -OCH3 is 1. The topological polar surface area (TPSA) is 39.1 Å². The fourth-order valence-corrected chi connectivity index (χ4v) is 1.68. The van der Waals surface area contributed by atoms with Crippen LogP contribution in [-0.4, -0.2) is 23.2 Å². The highest BCUT2D eigenvalue weighted by Gasteiger charge is 2.05. The number of anilines is 1. The van der Waals surface area contributed by atoms with Gasteiger partial charge in [-0.1, -0.05) is 13.8 Å². The Morgan fingerprint density at radius 2 is 2.00 bits per heavy atom. The highest BCUT2D eigenvalue weighted by molar-refractivity contribution is 5.44. The molecule has 0 aliphatic rings. The van der Waals surface area contributed by atoms with E-state index in [1.54, 1.807) is 13.3 Å². The number of benzene rings is 1. The molecule has 0 atom stereocenters. The Morgan fingerprint density at radius 1 is 1.28 bits per heavy atom. The van der Waals surface area contributed by atoms with Crippen LogP contribution in [0, 0.1) is 5.92 Å². The van der Waals surface area contributed by atoms with E-state index in [0.29, 0.717) is 5.92 Å². The monoisotopic (exact) mass is 245 g/mol. The minimum Gasteiger partial charge on any atom is -0.497 e. The number of rotatable bonds is 5. The molecule has 0 spiro atoms. The fourth-order valence-electron chi connectivity index (χ4n) is 1.68. The van der Waals surface area contributed by atoms with Crippen molar-refractivity contribution in [2.75, 3.05) is 19.0 Å². The van der Waals surface area contributed by atoms with Crippen LogP contribution in [0.2, 0.25) is 0 Å². The molecule has 1 N–H and O–H groups in total. The molecular formula is C14H19N3O. The number of hydrogen-bond acceptors (Lipinski definition) is 3. The van der Waals surface area contributed by atoms with Gasteiger partial charge in [0, 0.05) is 24.6 Å². The minimum absolute atomic E-state index is 0.589. The first-order valence-corrected chi connectivity index (χ1v) is 6.12. The second kappa shape index (κ2) is 5.58. The Labute approximate surface area is 108 Å². The third-order valence-corrected chi connectivity index (χ3v) is 2.66. The summed E-state index contributed by atoms with van der Waals surface area (Å²) in [4.78, 5) is 4.33. The van der Waals surface area contributed by atoms with Crippen molar-refractivity contribution < 1.29 is 4.74 Å². The Morgan fingerprint density at radius 3 is 2.61 bits per heavy atom. The predicted molar refractivity (Wildman–Crippen MR) is 73.4 cm³/mol. The third-order valence-electron chi connectivity index (χ3n) is 2.66. The summed E-state index contributed by atoms with van der Waals surface area (Å²) in [6.07, 6.45) is 3.75. The quantitative estimate of drug-likeness (QED) is 0.880. The van der Waals surface area contributed by atoms with Crippen LogP contribution in [0.3, 0.4) is 0 Å². The van der Waals surface area contributed by atoms with Crippen LogP contribution in [0.4, 0.5) is 5.95 Å². The Hall–Kier alpha value is -1.97. The van der Waals surface area contributed by atoms with Gasteiger partial charge in [0.15, 0.2) is 0 Å². The van der Waals surface area contributed by atoms with Gasteiger partial charge >= 0.3 is 0 Å². The molecule has 0 aliphatic heterocycles. The van der Waals surface area contributed by atoms with E-state index in [1.165, 1.54) is 0 Å². The molecule has 1 aromatic carbocycles. The summed E-state index contributed by atoms with van der Waals surface area (Å²) >= 11 is 0. The smallest absolute Gasteiger partial charge is 0.207 e.